The van der Waals surface area contributed by atoms with Gasteiger partial charge in [-0.1, -0.05) is 42.5 Å². The highest BCUT2D eigenvalue weighted by molar-refractivity contribution is 5.82. The van der Waals surface area contributed by atoms with Gasteiger partial charge in [0.15, 0.2) is 0 Å². The SMILES string of the molecule is O=C(O)CNCCc1ccc2ccccc2c1. The summed E-state index contributed by atoms with van der Waals surface area (Å²) >= 11 is 0. The number of rotatable bonds is 5. The maximum absolute atomic E-state index is 10.3. The van der Waals surface area contributed by atoms with Crippen LogP contribution in [0.1, 0.15) is 5.56 Å². The summed E-state index contributed by atoms with van der Waals surface area (Å²) in [4.78, 5) is 10.3. The lowest BCUT2D eigenvalue weighted by Gasteiger charge is -2.04. The largest absolute Gasteiger partial charge is 0.480 e. The van der Waals surface area contributed by atoms with Crippen LogP contribution in [0.5, 0.6) is 0 Å². The second kappa shape index (κ2) is 5.46. The molecule has 3 heteroatoms. The van der Waals surface area contributed by atoms with E-state index in [-0.39, 0.29) is 6.54 Å². The molecule has 2 rings (SSSR count). The molecule has 0 saturated heterocycles. The molecule has 0 atom stereocenters. The van der Waals surface area contributed by atoms with Gasteiger partial charge >= 0.3 is 5.97 Å². The third kappa shape index (κ3) is 3.29. The van der Waals surface area contributed by atoms with Crippen molar-refractivity contribution in [1.82, 2.24) is 5.32 Å². The average Bonchev–Trinajstić information content (AvgIpc) is 2.34. The Hall–Kier alpha value is -1.87. The van der Waals surface area contributed by atoms with Crippen LogP contribution in [0.4, 0.5) is 0 Å². The highest BCUT2D eigenvalue weighted by Gasteiger charge is 1.98. The number of nitrogens with one attached hydrogen (secondary N) is 1. The van der Waals surface area contributed by atoms with Crippen molar-refractivity contribution in [3.63, 3.8) is 0 Å². The van der Waals surface area contributed by atoms with Crippen molar-refractivity contribution in [2.75, 3.05) is 13.1 Å². The van der Waals surface area contributed by atoms with Gasteiger partial charge in [-0.3, -0.25) is 4.79 Å². The van der Waals surface area contributed by atoms with Crippen molar-refractivity contribution < 1.29 is 9.90 Å². The van der Waals surface area contributed by atoms with Gasteiger partial charge in [0.25, 0.3) is 0 Å². The molecule has 0 bridgehead atoms. The Bertz CT molecular complexity index is 522. The zero-order chi connectivity index (χ0) is 12.1. The first-order chi connectivity index (χ1) is 8.25. The van der Waals surface area contributed by atoms with Crippen LogP contribution in [-0.4, -0.2) is 24.2 Å². The van der Waals surface area contributed by atoms with E-state index < -0.39 is 5.97 Å². The van der Waals surface area contributed by atoms with Gasteiger partial charge in [0.2, 0.25) is 0 Å². The van der Waals surface area contributed by atoms with Crippen molar-refractivity contribution in [2.45, 2.75) is 6.42 Å². The van der Waals surface area contributed by atoms with Crippen molar-refractivity contribution in [3.8, 4) is 0 Å². The molecule has 2 aromatic rings. The standard InChI is InChI=1S/C14H15NO2/c16-14(17)10-15-8-7-11-5-6-12-3-1-2-4-13(12)9-11/h1-6,9,15H,7-8,10H2,(H,16,17). The molecule has 3 nitrogen and oxygen atoms in total. The van der Waals surface area contributed by atoms with Gasteiger partial charge in [0, 0.05) is 0 Å². The topological polar surface area (TPSA) is 49.3 Å². The summed E-state index contributed by atoms with van der Waals surface area (Å²) in [6.45, 7) is 0.707. The zero-order valence-electron chi connectivity index (χ0n) is 9.52. The minimum atomic E-state index is -0.816. The van der Waals surface area contributed by atoms with E-state index >= 15 is 0 Å². The number of aliphatic carboxylic acids is 1. The smallest absolute Gasteiger partial charge is 0.317 e. The Morgan fingerprint density at radius 1 is 1.12 bits per heavy atom. The van der Waals surface area contributed by atoms with Crippen LogP contribution in [-0.2, 0) is 11.2 Å². The van der Waals surface area contributed by atoms with E-state index in [9.17, 15) is 4.79 Å². The maximum Gasteiger partial charge on any atom is 0.317 e. The summed E-state index contributed by atoms with van der Waals surface area (Å²) in [6, 6.07) is 14.6. The number of hydrogen-bond donors (Lipinski definition) is 2. The van der Waals surface area contributed by atoms with Crippen LogP contribution < -0.4 is 5.32 Å². The number of fused-ring (bicyclic) bond motifs is 1. The molecule has 17 heavy (non-hydrogen) atoms. The van der Waals surface area contributed by atoms with Crippen LogP contribution in [0.25, 0.3) is 10.8 Å². The Morgan fingerprint density at radius 3 is 2.65 bits per heavy atom. The maximum atomic E-state index is 10.3. The van der Waals surface area contributed by atoms with E-state index in [2.05, 4.69) is 35.6 Å². The van der Waals surface area contributed by atoms with Crippen LogP contribution >= 0.6 is 0 Å². The molecule has 0 fully saturated rings. The van der Waals surface area contributed by atoms with Gasteiger partial charge < -0.3 is 10.4 Å². The molecule has 0 saturated carbocycles. The monoisotopic (exact) mass is 229 g/mol. The molecular formula is C14H15NO2. The number of carboxylic acids is 1. The lowest BCUT2D eigenvalue weighted by Crippen LogP contribution is -2.24. The predicted octanol–water partition coefficient (Wildman–Crippen LogP) is 2.06. The Morgan fingerprint density at radius 2 is 1.88 bits per heavy atom. The van der Waals surface area contributed by atoms with Crippen molar-refractivity contribution >= 4 is 16.7 Å². The number of hydrogen-bond acceptors (Lipinski definition) is 2. The van der Waals surface area contributed by atoms with E-state index in [4.69, 9.17) is 5.11 Å². The van der Waals surface area contributed by atoms with E-state index in [0.717, 1.165) is 6.42 Å². The van der Waals surface area contributed by atoms with Crippen LogP contribution in [0.2, 0.25) is 0 Å². The molecule has 0 amide bonds. The first-order valence-electron chi connectivity index (χ1n) is 5.66. The molecule has 0 aliphatic heterocycles. The molecule has 0 aromatic heterocycles. The van der Waals surface area contributed by atoms with E-state index in [1.165, 1.54) is 16.3 Å². The summed E-state index contributed by atoms with van der Waals surface area (Å²) in [5.74, 6) is -0.816. The summed E-state index contributed by atoms with van der Waals surface area (Å²) in [5.41, 5.74) is 1.22. The molecule has 2 aromatic carbocycles. The third-order valence-corrected chi connectivity index (χ3v) is 2.68. The van der Waals surface area contributed by atoms with E-state index in [0.29, 0.717) is 6.54 Å². The predicted molar refractivity (Wildman–Crippen MR) is 68.2 cm³/mol. The molecule has 2 N–H and O–H groups in total. The minimum absolute atomic E-state index is 0.0214. The lowest BCUT2D eigenvalue weighted by molar-refractivity contribution is -0.135. The Balaban J connectivity index is 1.97. The minimum Gasteiger partial charge on any atom is -0.480 e. The molecule has 0 unspecified atom stereocenters. The van der Waals surface area contributed by atoms with Crippen molar-refractivity contribution in [2.24, 2.45) is 0 Å². The third-order valence-electron chi connectivity index (χ3n) is 2.68. The van der Waals surface area contributed by atoms with Gasteiger partial charge in [0.1, 0.15) is 0 Å². The fourth-order valence-electron chi connectivity index (χ4n) is 1.82. The normalized spacial score (nSPS) is 10.6. The summed E-state index contributed by atoms with van der Waals surface area (Å²) in [5, 5.41) is 13.8. The van der Waals surface area contributed by atoms with Gasteiger partial charge in [-0.05, 0) is 29.3 Å². The first kappa shape index (κ1) is 11.6. The van der Waals surface area contributed by atoms with E-state index in [1.807, 2.05) is 12.1 Å². The van der Waals surface area contributed by atoms with Crippen LogP contribution in [0, 0.1) is 0 Å². The molecule has 0 heterocycles. The highest BCUT2D eigenvalue weighted by atomic mass is 16.4. The van der Waals surface area contributed by atoms with Gasteiger partial charge in [-0.15, -0.1) is 0 Å². The zero-order valence-corrected chi connectivity index (χ0v) is 9.52. The van der Waals surface area contributed by atoms with Gasteiger partial charge in [-0.25, -0.2) is 0 Å². The first-order valence-corrected chi connectivity index (χ1v) is 5.66. The molecule has 0 aliphatic rings. The van der Waals surface area contributed by atoms with Crippen LogP contribution in [0.15, 0.2) is 42.5 Å². The fraction of sp³-hybridized carbons (Fsp3) is 0.214. The fourth-order valence-corrected chi connectivity index (χ4v) is 1.82. The quantitative estimate of drug-likeness (QED) is 0.771. The Kier molecular flexibility index (Phi) is 3.73. The number of benzene rings is 2. The molecule has 0 aliphatic carbocycles. The average molecular weight is 229 g/mol. The van der Waals surface area contributed by atoms with Gasteiger partial charge in [-0.2, -0.15) is 0 Å². The molecule has 88 valence electrons. The van der Waals surface area contributed by atoms with Crippen LogP contribution in [0.3, 0.4) is 0 Å². The molecule has 0 spiro atoms. The second-order valence-corrected chi connectivity index (χ2v) is 4.00. The lowest BCUT2D eigenvalue weighted by atomic mass is 10.1. The van der Waals surface area contributed by atoms with E-state index in [1.54, 1.807) is 0 Å². The number of carboxylic acid groups (broad SMARTS) is 1. The molecule has 0 radical (unpaired) electrons. The van der Waals surface area contributed by atoms with Crippen molar-refractivity contribution in [1.29, 1.82) is 0 Å². The summed E-state index contributed by atoms with van der Waals surface area (Å²) in [7, 11) is 0. The summed E-state index contributed by atoms with van der Waals surface area (Å²) in [6.07, 6.45) is 0.845. The Labute approximate surface area is 100 Å². The highest BCUT2D eigenvalue weighted by Crippen LogP contribution is 2.15. The van der Waals surface area contributed by atoms with Gasteiger partial charge in [0.05, 0.1) is 6.54 Å². The second-order valence-electron chi connectivity index (χ2n) is 4.00. The number of carbonyl (C=O) groups is 1. The molecular weight excluding hydrogens is 214 g/mol. The summed E-state index contributed by atoms with van der Waals surface area (Å²) < 4.78 is 0. The van der Waals surface area contributed by atoms with Crippen molar-refractivity contribution in [3.05, 3.63) is 48.0 Å².